The van der Waals surface area contributed by atoms with Crippen LogP contribution in [0.4, 0.5) is 0 Å². The first-order valence-corrected chi connectivity index (χ1v) is 16.4. The van der Waals surface area contributed by atoms with Crippen molar-refractivity contribution in [3.05, 3.63) is 164 Å². The second kappa shape index (κ2) is 11.0. The van der Waals surface area contributed by atoms with Crippen LogP contribution in [0, 0.1) is 0 Å². The standard InChI is InChI=1S/C45H27N3O/c1-2-12-31(13-3-1)43-46-44(32-21-18-29(19-22-32)34-23-20-28-10-4-5-14-33(28)26-34)48-45(47-43)40-27-39-38-25-24-30-11-6-7-15-35(30)41(38)49-42(39)37-17-9-8-16-36(37)40/h1-27H. The quantitative estimate of drug-likeness (QED) is 0.195. The Morgan fingerprint density at radius 1 is 0.306 bits per heavy atom. The van der Waals surface area contributed by atoms with Gasteiger partial charge in [-0.1, -0.05) is 146 Å². The van der Waals surface area contributed by atoms with Crippen LogP contribution in [-0.2, 0) is 0 Å². The van der Waals surface area contributed by atoms with E-state index in [-0.39, 0.29) is 0 Å². The van der Waals surface area contributed by atoms with Crippen LogP contribution in [0.15, 0.2) is 168 Å². The SMILES string of the molecule is c1ccc(-c2nc(-c3ccc(-c4ccc5ccccc5c4)cc3)nc(-c3cc4c5ccc6ccccc6c5oc4c4ccccc34)n2)cc1. The van der Waals surface area contributed by atoms with Crippen molar-refractivity contribution in [1.82, 2.24) is 15.0 Å². The molecule has 0 saturated carbocycles. The van der Waals surface area contributed by atoms with Crippen molar-refractivity contribution in [2.75, 3.05) is 0 Å². The van der Waals surface area contributed by atoms with Gasteiger partial charge in [0.15, 0.2) is 17.5 Å². The van der Waals surface area contributed by atoms with Crippen molar-refractivity contribution in [1.29, 1.82) is 0 Å². The molecule has 10 aromatic rings. The van der Waals surface area contributed by atoms with E-state index < -0.39 is 0 Å². The van der Waals surface area contributed by atoms with Gasteiger partial charge in [0.05, 0.1) is 0 Å². The molecule has 2 heterocycles. The lowest BCUT2D eigenvalue weighted by atomic mass is 9.98. The lowest BCUT2D eigenvalue weighted by Crippen LogP contribution is -2.00. The van der Waals surface area contributed by atoms with Gasteiger partial charge >= 0.3 is 0 Å². The summed E-state index contributed by atoms with van der Waals surface area (Å²) in [5.74, 6) is 1.88. The van der Waals surface area contributed by atoms with Gasteiger partial charge in [0.1, 0.15) is 11.2 Å². The third-order valence-electron chi connectivity index (χ3n) is 9.50. The van der Waals surface area contributed by atoms with Gasteiger partial charge in [-0.15, -0.1) is 0 Å². The second-order valence-electron chi connectivity index (χ2n) is 12.4. The molecule has 0 bridgehead atoms. The summed E-state index contributed by atoms with van der Waals surface area (Å²) in [5, 5.41) is 8.87. The fraction of sp³-hybridized carbons (Fsp3) is 0. The van der Waals surface area contributed by atoms with Crippen LogP contribution in [0.3, 0.4) is 0 Å². The Labute approximate surface area is 282 Å². The number of benzene rings is 8. The third-order valence-corrected chi connectivity index (χ3v) is 9.50. The summed E-state index contributed by atoms with van der Waals surface area (Å²) >= 11 is 0. The number of aromatic nitrogens is 3. The molecule has 228 valence electrons. The lowest BCUT2D eigenvalue weighted by Gasteiger charge is -2.11. The fourth-order valence-electron chi connectivity index (χ4n) is 7.03. The van der Waals surface area contributed by atoms with E-state index in [1.54, 1.807) is 0 Å². The van der Waals surface area contributed by atoms with E-state index in [9.17, 15) is 0 Å². The Hall–Kier alpha value is -6.65. The predicted octanol–water partition coefficient (Wildman–Crippen LogP) is 11.9. The minimum Gasteiger partial charge on any atom is -0.455 e. The molecule has 49 heavy (non-hydrogen) atoms. The first kappa shape index (κ1) is 27.5. The topological polar surface area (TPSA) is 51.8 Å². The van der Waals surface area contributed by atoms with Gasteiger partial charge in [0.25, 0.3) is 0 Å². The Morgan fingerprint density at radius 2 is 0.837 bits per heavy atom. The van der Waals surface area contributed by atoms with E-state index in [2.05, 4.69) is 133 Å². The number of hydrogen-bond donors (Lipinski definition) is 0. The van der Waals surface area contributed by atoms with E-state index in [4.69, 9.17) is 19.4 Å². The zero-order chi connectivity index (χ0) is 32.3. The molecule has 0 aliphatic carbocycles. The third kappa shape index (κ3) is 4.57. The number of nitrogens with zero attached hydrogens (tertiary/aromatic N) is 3. The van der Waals surface area contributed by atoms with Crippen molar-refractivity contribution in [2.24, 2.45) is 0 Å². The minimum atomic E-state index is 0.621. The first-order valence-electron chi connectivity index (χ1n) is 16.4. The molecule has 0 aliphatic heterocycles. The van der Waals surface area contributed by atoms with Crippen LogP contribution in [0.1, 0.15) is 0 Å². The van der Waals surface area contributed by atoms with Crippen LogP contribution in [0.2, 0.25) is 0 Å². The van der Waals surface area contributed by atoms with Crippen molar-refractivity contribution >= 4 is 54.3 Å². The van der Waals surface area contributed by atoms with Gasteiger partial charge in [0, 0.05) is 38.2 Å². The molecule has 4 heteroatoms. The Kier molecular flexibility index (Phi) is 6.15. The highest BCUT2D eigenvalue weighted by atomic mass is 16.3. The molecule has 10 rings (SSSR count). The average molecular weight is 626 g/mol. The van der Waals surface area contributed by atoms with Gasteiger partial charge in [-0.25, -0.2) is 15.0 Å². The summed E-state index contributed by atoms with van der Waals surface area (Å²) in [7, 11) is 0. The van der Waals surface area contributed by atoms with Crippen LogP contribution in [0.5, 0.6) is 0 Å². The highest BCUT2D eigenvalue weighted by Crippen LogP contribution is 2.41. The smallest absolute Gasteiger partial charge is 0.164 e. The maximum absolute atomic E-state index is 6.67. The average Bonchev–Trinajstić information content (AvgIpc) is 3.57. The minimum absolute atomic E-state index is 0.621. The maximum Gasteiger partial charge on any atom is 0.164 e. The summed E-state index contributed by atoms with van der Waals surface area (Å²) in [5.41, 5.74) is 6.87. The van der Waals surface area contributed by atoms with Crippen LogP contribution >= 0.6 is 0 Å². The van der Waals surface area contributed by atoms with Crippen LogP contribution in [-0.4, -0.2) is 15.0 Å². The van der Waals surface area contributed by atoms with E-state index in [1.165, 1.54) is 16.3 Å². The van der Waals surface area contributed by atoms with E-state index in [1.807, 2.05) is 30.3 Å². The Bertz CT molecular complexity index is 2870. The summed E-state index contributed by atoms with van der Waals surface area (Å²) in [6.45, 7) is 0. The summed E-state index contributed by atoms with van der Waals surface area (Å²) in [6.07, 6.45) is 0. The normalized spacial score (nSPS) is 11.7. The van der Waals surface area contributed by atoms with Crippen molar-refractivity contribution in [3.8, 4) is 45.3 Å². The molecule has 2 aromatic heterocycles. The zero-order valence-corrected chi connectivity index (χ0v) is 26.3. The molecule has 0 saturated heterocycles. The number of hydrogen-bond acceptors (Lipinski definition) is 4. The molecule has 0 spiro atoms. The Morgan fingerprint density at radius 3 is 1.63 bits per heavy atom. The number of rotatable bonds is 4. The second-order valence-corrected chi connectivity index (χ2v) is 12.4. The van der Waals surface area contributed by atoms with E-state index in [0.717, 1.165) is 65.7 Å². The lowest BCUT2D eigenvalue weighted by molar-refractivity contribution is 0.676. The number of fused-ring (bicyclic) bond motifs is 8. The number of furan rings is 1. The monoisotopic (exact) mass is 625 g/mol. The zero-order valence-electron chi connectivity index (χ0n) is 26.3. The van der Waals surface area contributed by atoms with Gasteiger partial charge in [-0.05, 0) is 50.9 Å². The molecular weight excluding hydrogens is 599 g/mol. The van der Waals surface area contributed by atoms with Crippen molar-refractivity contribution < 1.29 is 4.42 Å². The van der Waals surface area contributed by atoms with Gasteiger partial charge in [0.2, 0.25) is 0 Å². The van der Waals surface area contributed by atoms with Crippen LogP contribution in [0.25, 0.3) is 99.5 Å². The summed E-state index contributed by atoms with van der Waals surface area (Å²) in [4.78, 5) is 15.3. The maximum atomic E-state index is 6.67. The molecule has 0 amide bonds. The molecule has 0 atom stereocenters. The molecule has 0 unspecified atom stereocenters. The Balaban J connectivity index is 1.17. The largest absolute Gasteiger partial charge is 0.455 e. The molecule has 8 aromatic carbocycles. The highest BCUT2D eigenvalue weighted by Gasteiger charge is 2.19. The van der Waals surface area contributed by atoms with E-state index in [0.29, 0.717) is 17.5 Å². The highest BCUT2D eigenvalue weighted by molar-refractivity contribution is 6.22. The molecule has 0 N–H and O–H groups in total. The van der Waals surface area contributed by atoms with Gasteiger partial charge < -0.3 is 4.42 Å². The summed E-state index contributed by atoms with van der Waals surface area (Å²) in [6, 6.07) is 56.9. The first-order chi connectivity index (χ1) is 24.3. The van der Waals surface area contributed by atoms with Crippen LogP contribution < -0.4 is 0 Å². The van der Waals surface area contributed by atoms with Gasteiger partial charge in [-0.2, -0.15) is 0 Å². The molecular formula is C45H27N3O. The molecule has 0 aliphatic rings. The fourth-order valence-corrected chi connectivity index (χ4v) is 7.03. The molecule has 0 fully saturated rings. The summed E-state index contributed by atoms with van der Waals surface area (Å²) < 4.78 is 6.67. The molecule has 4 nitrogen and oxygen atoms in total. The van der Waals surface area contributed by atoms with Gasteiger partial charge in [-0.3, -0.25) is 0 Å². The van der Waals surface area contributed by atoms with Crippen molar-refractivity contribution in [2.45, 2.75) is 0 Å². The molecule has 0 radical (unpaired) electrons. The predicted molar refractivity (Wildman–Crippen MR) is 201 cm³/mol. The van der Waals surface area contributed by atoms with E-state index >= 15 is 0 Å². The van der Waals surface area contributed by atoms with Crippen molar-refractivity contribution in [3.63, 3.8) is 0 Å².